The lowest BCUT2D eigenvalue weighted by Gasteiger charge is -2.14. The van der Waals surface area contributed by atoms with Crippen molar-refractivity contribution in [2.24, 2.45) is 0 Å². The predicted octanol–water partition coefficient (Wildman–Crippen LogP) is 6.95. The van der Waals surface area contributed by atoms with Crippen molar-refractivity contribution in [2.45, 2.75) is 20.3 Å². The minimum absolute atomic E-state index is 0.0228. The Kier molecular flexibility index (Phi) is 8.10. The lowest BCUT2D eigenvalue weighted by molar-refractivity contribution is -0.112. The van der Waals surface area contributed by atoms with Gasteiger partial charge < -0.3 is 10.1 Å². The standard InChI is InChI=1S/C26H22BrClN2O2/c1-3-32-25-14-18(13-23(28)21(25)15-19-9-5-6-10-22(19)27)12-20(16-29)26(31)30-24-11-7-4-8-17(24)2/h4-14H,3,15H2,1-2H3,(H,30,31)/b20-12+. The third-order valence-electron chi connectivity index (χ3n) is 4.87. The molecule has 0 aliphatic heterocycles. The molecule has 3 aromatic rings. The zero-order chi connectivity index (χ0) is 23.1. The maximum atomic E-state index is 12.7. The van der Waals surface area contributed by atoms with Crippen LogP contribution in [-0.4, -0.2) is 12.5 Å². The van der Waals surface area contributed by atoms with E-state index in [1.165, 1.54) is 6.08 Å². The average molecular weight is 510 g/mol. The first-order chi connectivity index (χ1) is 15.4. The number of hydrogen-bond donors (Lipinski definition) is 1. The van der Waals surface area contributed by atoms with Gasteiger partial charge in [0, 0.05) is 27.2 Å². The van der Waals surface area contributed by atoms with Crippen LogP contribution in [0.3, 0.4) is 0 Å². The molecule has 3 rings (SSSR count). The summed E-state index contributed by atoms with van der Waals surface area (Å²) in [5.74, 6) is 0.145. The second-order valence-electron chi connectivity index (χ2n) is 7.12. The van der Waals surface area contributed by atoms with Gasteiger partial charge in [-0.05, 0) is 60.9 Å². The summed E-state index contributed by atoms with van der Waals surface area (Å²) in [5, 5.41) is 12.9. The molecule has 0 spiro atoms. The number of nitriles is 1. The van der Waals surface area contributed by atoms with Gasteiger partial charge in [0.2, 0.25) is 0 Å². The summed E-state index contributed by atoms with van der Waals surface area (Å²) in [6, 6.07) is 20.9. The first-order valence-electron chi connectivity index (χ1n) is 10.1. The first-order valence-corrected chi connectivity index (χ1v) is 11.3. The molecule has 6 heteroatoms. The monoisotopic (exact) mass is 508 g/mol. The van der Waals surface area contributed by atoms with Crippen LogP contribution in [0.2, 0.25) is 5.02 Å². The largest absolute Gasteiger partial charge is 0.494 e. The molecule has 3 aromatic carbocycles. The van der Waals surface area contributed by atoms with Gasteiger partial charge in [-0.15, -0.1) is 0 Å². The summed E-state index contributed by atoms with van der Waals surface area (Å²) in [7, 11) is 0. The van der Waals surface area contributed by atoms with Crippen molar-refractivity contribution >= 4 is 45.2 Å². The maximum Gasteiger partial charge on any atom is 0.266 e. The zero-order valence-electron chi connectivity index (χ0n) is 17.8. The predicted molar refractivity (Wildman–Crippen MR) is 133 cm³/mol. The fourth-order valence-corrected chi connectivity index (χ4v) is 3.93. The number of ether oxygens (including phenoxy) is 1. The SMILES string of the molecule is CCOc1cc(/C=C(\C#N)C(=O)Nc2ccccc2C)cc(Cl)c1Cc1ccccc1Br. The Labute approximate surface area is 201 Å². The van der Waals surface area contributed by atoms with Crippen LogP contribution in [0, 0.1) is 18.3 Å². The number of aryl methyl sites for hydroxylation is 1. The molecule has 0 atom stereocenters. The van der Waals surface area contributed by atoms with E-state index in [0.717, 1.165) is 21.2 Å². The topological polar surface area (TPSA) is 62.1 Å². The first kappa shape index (κ1) is 23.6. The highest BCUT2D eigenvalue weighted by Crippen LogP contribution is 2.33. The Morgan fingerprint density at radius 2 is 1.91 bits per heavy atom. The summed E-state index contributed by atoms with van der Waals surface area (Å²) in [6.45, 7) is 4.25. The van der Waals surface area contributed by atoms with Crippen molar-refractivity contribution in [1.29, 1.82) is 5.26 Å². The van der Waals surface area contributed by atoms with Crippen molar-refractivity contribution in [3.05, 3.63) is 98.0 Å². The molecule has 0 fully saturated rings. The van der Waals surface area contributed by atoms with Crippen molar-refractivity contribution in [1.82, 2.24) is 0 Å². The molecule has 0 saturated carbocycles. The van der Waals surface area contributed by atoms with Gasteiger partial charge in [0.25, 0.3) is 5.91 Å². The van der Waals surface area contributed by atoms with E-state index in [1.807, 2.05) is 62.4 Å². The van der Waals surface area contributed by atoms with Crippen LogP contribution < -0.4 is 10.1 Å². The number of benzene rings is 3. The Bertz CT molecular complexity index is 1210. The molecule has 1 amide bonds. The van der Waals surface area contributed by atoms with Gasteiger partial charge in [-0.3, -0.25) is 4.79 Å². The molecule has 162 valence electrons. The van der Waals surface area contributed by atoms with Gasteiger partial charge in [0.1, 0.15) is 17.4 Å². The van der Waals surface area contributed by atoms with Crippen LogP contribution in [0.4, 0.5) is 5.69 Å². The second-order valence-corrected chi connectivity index (χ2v) is 8.38. The Hall–Kier alpha value is -3.07. The fraction of sp³-hybridized carbons (Fsp3) is 0.154. The van der Waals surface area contributed by atoms with E-state index in [1.54, 1.807) is 18.2 Å². The Morgan fingerprint density at radius 1 is 1.19 bits per heavy atom. The number of carbonyl (C=O) groups excluding carboxylic acids is 1. The van der Waals surface area contributed by atoms with Gasteiger partial charge in [-0.25, -0.2) is 0 Å². The summed E-state index contributed by atoms with van der Waals surface area (Å²) in [4.78, 5) is 12.7. The highest BCUT2D eigenvalue weighted by molar-refractivity contribution is 9.10. The van der Waals surface area contributed by atoms with Crippen LogP contribution in [-0.2, 0) is 11.2 Å². The number of nitrogens with one attached hydrogen (secondary N) is 1. The van der Waals surface area contributed by atoms with E-state index >= 15 is 0 Å². The van der Waals surface area contributed by atoms with Crippen LogP contribution in [0.15, 0.2) is 70.7 Å². The Balaban J connectivity index is 1.93. The van der Waals surface area contributed by atoms with Crippen molar-refractivity contribution in [2.75, 3.05) is 11.9 Å². The van der Waals surface area contributed by atoms with E-state index in [0.29, 0.717) is 35.1 Å². The Morgan fingerprint density at radius 3 is 2.59 bits per heavy atom. The molecule has 32 heavy (non-hydrogen) atoms. The molecular formula is C26H22BrClN2O2. The molecule has 0 bridgehead atoms. The zero-order valence-corrected chi connectivity index (χ0v) is 20.1. The van der Waals surface area contributed by atoms with E-state index in [-0.39, 0.29) is 5.57 Å². The minimum atomic E-state index is -0.479. The molecule has 0 saturated heterocycles. The average Bonchev–Trinajstić information content (AvgIpc) is 2.77. The van der Waals surface area contributed by atoms with Crippen LogP contribution in [0.25, 0.3) is 6.08 Å². The quantitative estimate of drug-likeness (QED) is 0.277. The molecule has 0 aliphatic carbocycles. The van der Waals surface area contributed by atoms with Gasteiger partial charge >= 0.3 is 0 Å². The van der Waals surface area contributed by atoms with Gasteiger partial charge in [0.05, 0.1) is 6.61 Å². The van der Waals surface area contributed by atoms with Crippen molar-refractivity contribution in [3.8, 4) is 11.8 Å². The smallest absolute Gasteiger partial charge is 0.266 e. The molecule has 0 radical (unpaired) electrons. The van der Waals surface area contributed by atoms with E-state index in [2.05, 4.69) is 21.2 Å². The molecular weight excluding hydrogens is 488 g/mol. The third-order valence-corrected chi connectivity index (χ3v) is 5.98. The number of carbonyl (C=O) groups is 1. The molecule has 0 heterocycles. The summed E-state index contributed by atoms with van der Waals surface area (Å²) in [5.41, 5.74) is 4.09. The molecule has 4 nitrogen and oxygen atoms in total. The van der Waals surface area contributed by atoms with Gasteiger partial charge in [-0.2, -0.15) is 5.26 Å². The van der Waals surface area contributed by atoms with E-state index in [4.69, 9.17) is 16.3 Å². The molecule has 0 unspecified atom stereocenters. The molecule has 0 aromatic heterocycles. The lowest BCUT2D eigenvalue weighted by atomic mass is 10.0. The fourth-order valence-electron chi connectivity index (χ4n) is 3.22. The number of para-hydroxylation sites is 1. The number of hydrogen-bond acceptors (Lipinski definition) is 3. The lowest BCUT2D eigenvalue weighted by Crippen LogP contribution is -2.14. The van der Waals surface area contributed by atoms with Gasteiger partial charge in [-0.1, -0.05) is 63.9 Å². The minimum Gasteiger partial charge on any atom is -0.494 e. The number of halogens is 2. The van der Waals surface area contributed by atoms with Crippen molar-refractivity contribution < 1.29 is 9.53 Å². The van der Waals surface area contributed by atoms with Crippen LogP contribution in [0.1, 0.15) is 29.2 Å². The third kappa shape index (κ3) is 5.79. The van der Waals surface area contributed by atoms with Crippen LogP contribution in [0.5, 0.6) is 5.75 Å². The number of rotatable bonds is 7. The molecule has 0 aliphatic rings. The summed E-state index contributed by atoms with van der Waals surface area (Å²) in [6.07, 6.45) is 2.10. The second kappa shape index (κ2) is 11.0. The van der Waals surface area contributed by atoms with Crippen LogP contribution >= 0.6 is 27.5 Å². The summed E-state index contributed by atoms with van der Waals surface area (Å²) < 4.78 is 6.83. The molecule has 1 N–H and O–H groups in total. The highest BCUT2D eigenvalue weighted by Gasteiger charge is 2.15. The van der Waals surface area contributed by atoms with Crippen molar-refractivity contribution in [3.63, 3.8) is 0 Å². The highest BCUT2D eigenvalue weighted by atomic mass is 79.9. The number of amides is 1. The van der Waals surface area contributed by atoms with E-state index < -0.39 is 5.91 Å². The number of anilines is 1. The van der Waals surface area contributed by atoms with Gasteiger partial charge in [0.15, 0.2) is 0 Å². The summed E-state index contributed by atoms with van der Waals surface area (Å²) >= 11 is 10.2. The normalized spacial score (nSPS) is 11.0. The maximum absolute atomic E-state index is 12.7. The number of nitrogens with zero attached hydrogens (tertiary/aromatic N) is 1. The van der Waals surface area contributed by atoms with E-state index in [9.17, 15) is 10.1 Å².